The quantitative estimate of drug-likeness (QED) is 0.654. The van der Waals surface area contributed by atoms with Gasteiger partial charge in [0.05, 0.1) is 6.20 Å². The van der Waals surface area contributed by atoms with Gasteiger partial charge in [-0.25, -0.2) is 0 Å². The Kier molecular flexibility index (Phi) is 4.09. The molecule has 0 bridgehead atoms. The fourth-order valence-corrected chi connectivity index (χ4v) is 2.48. The van der Waals surface area contributed by atoms with Crippen LogP contribution in [0.2, 0.25) is 0 Å². The van der Waals surface area contributed by atoms with Gasteiger partial charge >= 0.3 is 0 Å². The smallest absolute Gasteiger partial charge is 0.250 e. The van der Waals surface area contributed by atoms with Crippen LogP contribution in [-0.2, 0) is 13.6 Å². The van der Waals surface area contributed by atoms with Crippen molar-refractivity contribution >= 4 is 17.4 Å². The van der Waals surface area contributed by atoms with Crippen molar-refractivity contribution in [2.24, 2.45) is 7.05 Å². The number of anilines is 1. The normalized spacial score (nSPS) is 10.7. The first-order chi connectivity index (χ1) is 8.65. The maximum Gasteiger partial charge on any atom is 0.250 e. The molecule has 2 aromatic heterocycles. The molecule has 96 valence electrons. The molecule has 0 aliphatic heterocycles. The lowest BCUT2D eigenvalue weighted by atomic mass is 10.4. The van der Waals surface area contributed by atoms with Crippen molar-refractivity contribution in [2.45, 2.75) is 17.9 Å². The molecule has 0 aliphatic rings. The van der Waals surface area contributed by atoms with Crippen LogP contribution in [0.5, 0.6) is 0 Å². The van der Waals surface area contributed by atoms with Crippen LogP contribution in [0.1, 0.15) is 6.42 Å². The lowest BCUT2D eigenvalue weighted by Gasteiger charge is -2.05. The second kappa shape index (κ2) is 5.77. The predicted octanol–water partition coefficient (Wildman–Crippen LogP) is 1.35. The average Bonchev–Trinajstić information content (AvgIpc) is 2.75. The van der Waals surface area contributed by atoms with Crippen LogP contribution in [0.3, 0.4) is 0 Å². The zero-order valence-electron chi connectivity index (χ0n) is 10.2. The zero-order chi connectivity index (χ0) is 13.0. The first kappa shape index (κ1) is 12.8. The van der Waals surface area contributed by atoms with Crippen LogP contribution in [0.4, 0.5) is 5.69 Å². The highest BCUT2D eigenvalue weighted by Gasteiger charge is 1.99. The van der Waals surface area contributed by atoms with Crippen LogP contribution >= 0.6 is 11.8 Å². The Balaban J connectivity index is 1.82. The van der Waals surface area contributed by atoms with Gasteiger partial charge in [0, 0.05) is 42.6 Å². The lowest BCUT2D eigenvalue weighted by Crippen LogP contribution is -2.19. The van der Waals surface area contributed by atoms with Gasteiger partial charge in [0.1, 0.15) is 0 Å². The predicted molar refractivity (Wildman–Crippen MR) is 73.7 cm³/mol. The SMILES string of the molecule is Cn1cc(SCCCn2cc(N)ccc2=O)cn1. The number of nitrogens with zero attached hydrogens (tertiary/aromatic N) is 3. The number of rotatable bonds is 5. The van der Waals surface area contributed by atoms with Crippen LogP contribution in [0.15, 0.2) is 40.4 Å². The van der Waals surface area contributed by atoms with Gasteiger partial charge in [-0.1, -0.05) is 0 Å². The van der Waals surface area contributed by atoms with Crippen molar-refractivity contribution in [2.75, 3.05) is 11.5 Å². The minimum absolute atomic E-state index is 0.00409. The highest BCUT2D eigenvalue weighted by molar-refractivity contribution is 7.99. The fourth-order valence-electron chi connectivity index (χ4n) is 1.62. The molecule has 0 radical (unpaired) electrons. The Hall–Kier alpha value is -1.69. The number of nitrogen functional groups attached to an aromatic ring is 1. The molecule has 0 aromatic carbocycles. The largest absolute Gasteiger partial charge is 0.398 e. The summed E-state index contributed by atoms with van der Waals surface area (Å²) < 4.78 is 3.43. The topological polar surface area (TPSA) is 65.8 Å². The summed E-state index contributed by atoms with van der Waals surface area (Å²) in [6, 6.07) is 3.13. The number of aryl methyl sites for hydroxylation is 2. The van der Waals surface area contributed by atoms with Crippen LogP contribution in [-0.4, -0.2) is 20.1 Å². The molecule has 0 saturated carbocycles. The molecule has 2 heterocycles. The number of thioether (sulfide) groups is 1. The summed E-state index contributed by atoms with van der Waals surface area (Å²) in [5.41, 5.74) is 6.27. The molecule has 0 atom stereocenters. The van der Waals surface area contributed by atoms with Crippen LogP contribution in [0.25, 0.3) is 0 Å². The molecule has 0 unspecified atom stereocenters. The van der Waals surface area contributed by atoms with E-state index in [4.69, 9.17) is 5.73 Å². The number of aromatic nitrogens is 3. The highest BCUT2D eigenvalue weighted by Crippen LogP contribution is 2.17. The monoisotopic (exact) mass is 264 g/mol. The summed E-state index contributed by atoms with van der Waals surface area (Å²) >= 11 is 1.74. The molecule has 6 heteroatoms. The standard InChI is InChI=1S/C12H16N4OS/c1-15-9-11(7-14-15)18-6-2-5-16-8-10(13)3-4-12(16)17/h3-4,7-9H,2,5-6,13H2,1H3. The summed E-state index contributed by atoms with van der Waals surface area (Å²) in [6.45, 7) is 0.692. The third kappa shape index (κ3) is 3.40. The van der Waals surface area contributed by atoms with Crippen molar-refractivity contribution < 1.29 is 0 Å². The van der Waals surface area contributed by atoms with Gasteiger partial charge in [-0.2, -0.15) is 5.10 Å². The molecule has 5 nitrogen and oxygen atoms in total. The van der Waals surface area contributed by atoms with E-state index in [0.29, 0.717) is 12.2 Å². The van der Waals surface area contributed by atoms with Gasteiger partial charge in [-0.3, -0.25) is 9.48 Å². The Morgan fingerprint density at radius 2 is 2.22 bits per heavy atom. The van der Waals surface area contributed by atoms with E-state index >= 15 is 0 Å². The summed E-state index contributed by atoms with van der Waals surface area (Å²) in [5, 5.41) is 4.10. The second-order valence-electron chi connectivity index (χ2n) is 4.05. The summed E-state index contributed by atoms with van der Waals surface area (Å²) in [5.74, 6) is 0.951. The summed E-state index contributed by atoms with van der Waals surface area (Å²) in [4.78, 5) is 12.7. The van der Waals surface area contributed by atoms with Crippen LogP contribution < -0.4 is 11.3 Å². The number of hydrogen-bond donors (Lipinski definition) is 1. The fraction of sp³-hybridized carbons (Fsp3) is 0.333. The van der Waals surface area contributed by atoms with Gasteiger partial charge < -0.3 is 10.3 Å². The molecule has 2 aromatic rings. The zero-order valence-corrected chi connectivity index (χ0v) is 11.1. The third-order valence-electron chi connectivity index (χ3n) is 2.50. The van der Waals surface area contributed by atoms with E-state index < -0.39 is 0 Å². The van der Waals surface area contributed by atoms with E-state index in [9.17, 15) is 4.79 Å². The van der Waals surface area contributed by atoms with E-state index in [2.05, 4.69) is 5.10 Å². The Morgan fingerprint density at radius 3 is 2.94 bits per heavy atom. The van der Waals surface area contributed by atoms with Crippen molar-refractivity contribution in [3.05, 3.63) is 41.1 Å². The molecule has 0 amide bonds. The summed E-state index contributed by atoms with van der Waals surface area (Å²) in [6.07, 6.45) is 6.44. The molecule has 2 N–H and O–H groups in total. The van der Waals surface area contributed by atoms with Gasteiger partial charge in [-0.15, -0.1) is 11.8 Å². The van der Waals surface area contributed by atoms with E-state index in [1.54, 1.807) is 33.3 Å². The highest BCUT2D eigenvalue weighted by atomic mass is 32.2. The van der Waals surface area contributed by atoms with Gasteiger partial charge in [0.25, 0.3) is 5.56 Å². The lowest BCUT2D eigenvalue weighted by molar-refractivity contribution is 0.660. The van der Waals surface area contributed by atoms with E-state index in [-0.39, 0.29) is 5.56 Å². The molecule has 0 aliphatic carbocycles. The Labute approximate surface area is 110 Å². The van der Waals surface area contributed by atoms with E-state index in [0.717, 1.165) is 17.1 Å². The molecule has 0 saturated heterocycles. The van der Waals surface area contributed by atoms with Crippen molar-refractivity contribution in [1.29, 1.82) is 0 Å². The maximum atomic E-state index is 11.5. The second-order valence-corrected chi connectivity index (χ2v) is 5.21. The van der Waals surface area contributed by atoms with E-state index in [1.807, 2.05) is 19.4 Å². The molecule has 0 fully saturated rings. The molecular formula is C12H16N4OS. The van der Waals surface area contributed by atoms with E-state index in [1.165, 1.54) is 6.07 Å². The summed E-state index contributed by atoms with van der Waals surface area (Å²) in [7, 11) is 1.90. The first-order valence-corrected chi connectivity index (χ1v) is 6.71. The van der Waals surface area contributed by atoms with Gasteiger partial charge in [0.15, 0.2) is 0 Å². The first-order valence-electron chi connectivity index (χ1n) is 5.72. The minimum Gasteiger partial charge on any atom is -0.398 e. The third-order valence-corrected chi connectivity index (χ3v) is 3.54. The molecule has 0 spiro atoms. The Bertz CT molecular complexity index is 575. The minimum atomic E-state index is -0.00409. The molecule has 2 rings (SSSR count). The number of hydrogen-bond acceptors (Lipinski definition) is 4. The van der Waals surface area contributed by atoms with Crippen LogP contribution in [0, 0.1) is 0 Å². The van der Waals surface area contributed by atoms with Gasteiger partial charge in [0.2, 0.25) is 0 Å². The molecular weight excluding hydrogens is 248 g/mol. The molecule has 18 heavy (non-hydrogen) atoms. The van der Waals surface area contributed by atoms with Crippen molar-refractivity contribution in [1.82, 2.24) is 14.3 Å². The van der Waals surface area contributed by atoms with Crippen molar-refractivity contribution in [3.8, 4) is 0 Å². The van der Waals surface area contributed by atoms with Gasteiger partial charge in [-0.05, 0) is 18.2 Å². The maximum absolute atomic E-state index is 11.5. The number of pyridine rings is 1. The number of nitrogens with two attached hydrogens (primary N) is 1. The van der Waals surface area contributed by atoms with Crippen molar-refractivity contribution in [3.63, 3.8) is 0 Å². The average molecular weight is 264 g/mol. The Morgan fingerprint density at radius 1 is 1.39 bits per heavy atom.